The van der Waals surface area contributed by atoms with Crippen LogP contribution in [-0.2, 0) is 14.3 Å². The van der Waals surface area contributed by atoms with E-state index >= 15 is 0 Å². The third-order valence-corrected chi connectivity index (χ3v) is 10.4. The van der Waals surface area contributed by atoms with Crippen LogP contribution in [0.15, 0.2) is 69.6 Å². The Morgan fingerprint density at radius 3 is 2.24 bits per heavy atom. The number of likely N-dealkylation sites (tertiary alicyclic amines) is 1. The molecule has 260 valence electrons. The summed E-state index contributed by atoms with van der Waals surface area (Å²) in [7, 11) is 3.76. The number of ether oxygens (including phenoxy) is 3. The monoisotopic (exact) mass is 687 g/mol. The summed E-state index contributed by atoms with van der Waals surface area (Å²) in [6, 6.07) is 14.5. The van der Waals surface area contributed by atoms with E-state index in [-0.39, 0.29) is 24.2 Å². The van der Waals surface area contributed by atoms with Gasteiger partial charge in [0, 0.05) is 45.3 Å². The smallest absolute Gasteiger partial charge is 0.338 e. The molecule has 2 aromatic carbocycles. The summed E-state index contributed by atoms with van der Waals surface area (Å²) in [4.78, 5) is 52.2. The van der Waals surface area contributed by atoms with E-state index in [1.807, 2.05) is 29.2 Å². The lowest BCUT2D eigenvalue weighted by Crippen LogP contribution is -2.53. The van der Waals surface area contributed by atoms with Gasteiger partial charge in [0.1, 0.15) is 11.5 Å². The molecule has 12 heteroatoms. The predicted octanol–water partition coefficient (Wildman–Crippen LogP) is 2.81. The third kappa shape index (κ3) is 7.82. The van der Waals surface area contributed by atoms with Crippen molar-refractivity contribution in [1.82, 2.24) is 19.3 Å². The number of benzene rings is 2. The van der Waals surface area contributed by atoms with Crippen molar-refractivity contribution >= 4 is 29.3 Å². The number of fused-ring (bicyclic) bond motifs is 1. The molecule has 3 aliphatic rings. The number of nitrogens with zero attached hydrogens (tertiary/aromatic N) is 5. The molecule has 0 aliphatic carbocycles. The number of amides is 1. The molecule has 0 radical (unpaired) electrons. The van der Waals surface area contributed by atoms with Crippen molar-refractivity contribution in [3.8, 4) is 11.5 Å². The number of carbonyl (C=O) groups excluding carboxylic acids is 2. The predicted molar refractivity (Wildman–Crippen MR) is 189 cm³/mol. The van der Waals surface area contributed by atoms with E-state index in [1.54, 1.807) is 62.8 Å². The average molecular weight is 688 g/mol. The normalized spacial score (nSPS) is 19.5. The number of thiazole rings is 1. The number of piperidine rings is 1. The minimum atomic E-state index is -0.707. The van der Waals surface area contributed by atoms with E-state index in [9.17, 15) is 14.4 Å². The highest BCUT2D eigenvalue weighted by molar-refractivity contribution is 7.07. The van der Waals surface area contributed by atoms with E-state index in [0.29, 0.717) is 38.1 Å². The summed E-state index contributed by atoms with van der Waals surface area (Å²) < 4.78 is 18.8. The molecule has 0 N–H and O–H groups in total. The summed E-state index contributed by atoms with van der Waals surface area (Å²) in [6.45, 7) is 11.3. The summed E-state index contributed by atoms with van der Waals surface area (Å²) in [5.41, 5.74) is 2.12. The molecule has 1 atom stereocenters. The minimum absolute atomic E-state index is 0.000339. The standard InChI is InChI=1S/C37H45N5O6S/c1-24(2)48-36(45)33-25(3)38-37-42(34(33)27-8-12-29(46-5)13-9-27)35(44)31(49-37)22-26-6-10-30(11-7-26)47-23-32(43)41-16-14-28(15-17-41)40-20-18-39(4)19-21-40/h6-13,22,24,28,34H,14-21,23H2,1-5H3/b31-22-. The number of hydrogen-bond donors (Lipinski definition) is 0. The highest BCUT2D eigenvalue weighted by atomic mass is 32.1. The molecule has 49 heavy (non-hydrogen) atoms. The van der Waals surface area contributed by atoms with Crippen LogP contribution in [0.1, 0.15) is 50.8 Å². The lowest BCUT2D eigenvalue weighted by molar-refractivity contribution is -0.143. The molecule has 2 fully saturated rings. The highest BCUT2D eigenvalue weighted by Crippen LogP contribution is 2.32. The van der Waals surface area contributed by atoms with Gasteiger partial charge < -0.3 is 24.0 Å². The number of likely N-dealkylation sites (N-methyl/N-ethyl adjacent to an activating group) is 1. The quantitative estimate of drug-likeness (QED) is 0.317. The van der Waals surface area contributed by atoms with E-state index in [4.69, 9.17) is 14.2 Å². The molecule has 1 aromatic heterocycles. The number of rotatable bonds is 9. The molecule has 11 nitrogen and oxygen atoms in total. The highest BCUT2D eigenvalue weighted by Gasteiger charge is 2.34. The van der Waals surface area contributed by atoms with Crippen LogP contribution < -0.4 is 24.4 Å². The maximum Gasteiger partial charge on any atom is 0.338 e. The average Bonchev–Trinajstić information content (AvgIpc) is 3.40. The Labute approximate surface area is 290 Å². The third-order valence-electron chi connectivity index (χ3n) is 9.43. The first kappa shape index (κ1) is 34.6. The topological polar surface area (TPSA) is 106 Å². The van der Waals surface area contributed by atoms with E-state index < -0.39 is 12.0 Å². The maximum absolute atomic E-state index is 14.0. The fourth-order valence-corrected chi connectivity index (χ4v) is 7.72. The van der Waals surface area contributed by atoms with Crippen LogP contribution in [0.4, 0.5) is 0 Å². The van der Waals surface area contributed by atoms with Gasteiger partial charge in [-0.3, -0.25) is 19.1 Å². The molecule has 6 rings (SSSR count). The largest absolute Gasteiger partial charge is 0.497 e. The van der Waals surface area contributed by atoms with Gasteiger partial charge in [-0.25, -0.2) is 9.79 Å². The van der Waals surface area contributed by atoms with Gasteiger partial charge in [0.2, 0.25) is 0 Å². The summed E-state index contributed by atoms with van der Waals surface area (Å²) in [5.74, 6) is 0.750. The van der Waals surface area contributed by atoms with Crippen molar-refractivity contribution in [1.29, 1.82) is 0 Å². The van der Waals surface area contributed by atoms with Crippen LogP contribution in [0, 0.1) is 0 Å². The van der Waals surface area contributed by atoms with Crippen LogP contribution >= 0.6 is 11.3 Å². The Balaban J connectivity index is 1.15. The summed E-state index contributed by atoms with van der Waals surface area (Å²) in [5, 5.41) is 0. The van der Waals surface area contributed by atoms with Crippen LogP contribution in [0.5, 0.6) is 11.5 Å². The van der Waals surface area contributed by atoms with Gasteiger partial charge >= 0.3 is 5.97 Å². The number of hydrogen-bond acceptors (Lipinski definition) is 10. The number of aromatic nitrogens is 1. The Morgan fingerprint density at radius 1 is 0.959 bits per heavy atom. The first-order chi connectivity index (χ1) is 23.6. The molecule has 0 saturated carbocycles. The Kier molecular flexibility index (Phi) is 10.7. The molecular weight excluding hydrogens is 643 g/mol. The van der Waals surface area contributed by atoms with Crippen molar-refractivity contribution in [2.75, 3.05) is 60.0 Å². The summed E-state index contributed by atoms with van der Waals surface area (Å²) in [6.07, 6.45) is 3.47. The van der Waals surface area contributed by atoms with Gasteiger partial charge in [-0.2, -0.15) is 0 Å². The van der Waals surface area contributed by atoms with Crippen LogP contribution in [0.3, 0.4) is 0 Å². The van der Waals surface area contributed by atoms with Gasteiger partial charge in [-0.15, -0.1) is 0 Å². The molecule has 1 unspecified atom stereocenters. The molecular formula is C37H45N5O6S. The zero-order chi connectivity index (χ0) is 34.7. The number of allylic oxidation sites excluding steroid dienone is 1. The van der Waals surface area contributed by atoms with Crippen molar-refractivity contribution < 1.29 is 23.8 Å². The molecule has 0 bridgehead atoms. The fraction of sp³-hybridized carbons (Fsp3) is 0.459. The van der Waals surface area contributed by atoms with Crippen molar-refractivity contribution in [2.24, 2.45) is 4.99 Å². The van der Waals surface area contributed by atoms with Crippen LogP contribution in [0.2, 0.25) is 0 Å². The number of esters is 1. The van der Waals surface area contributed by atoms with Gasteiger partial charge in [-0.05, 0) is 82.1 Å². The zero-order valence-corrected chi connectivity index (χ0v) is 29.7. The minimum Gasteiger partial charge on any atom is -0.497 e. The Hall–Kier alpha value is -4.26. The lowest BCUT2D eigenvalue weighted by Gasteiger charge is -2.42. The summed E-state index contributed by atoms with van der Waals surface area (Å²) >= 11 is 1.27. The zero-order valence-electron chi connectivity index (χ0n) is 28.9. The Bertz CT molecular complexity index is 1870. The molecule has 3 aliphatic heterocycles. The van der Waals surface area contributed by atoms with Crippen LogP contribution in [0.25, 0.3) is 6.08 Å². The number of carbonyl (C=O) groups is 2. The van der Waals surface area contributed by atoms with Gasteiger partial charge in [0.25, 0.3) is 11.5 Å². The molecule has 2 saturated heterocycles. The second-order valence-electron chi connectivity index (χ2n) is 13.1. The van der Waals surface area contributed by atoms with Crippen molar-refractivity contribution in [2.45, 2.75) is 51.8 Å². The van der Waals surface area contributed by atoms with Gasteiger partial charge in [0.05, 0.1) is 35.1 Å². The molecule has 3 aromatic rings. The van der Waals surface area contributed by atoms with Gasteiger partial charge in [-0.1, -0.05) is 35.6 Å². The van der Waals surface area contributed by atoms with Crippen LogP contribution in [-0.4, -0.2) is 103 Å². The first-order valence-corrected chi connectivity index (χ1v) is 17.7. The molecule has 4 heterocycles. The SMILES string of the molecule is COc1ccc(C2C(C(=O)OC(C)C)=C(C)N=c3s/c(=C\c4ccc(OCC(=O)N5CCC(N6CCN(C)CC6)CC5)cc4)c(=O)n32)cc1. The lowest BCUT2D eigenvalue weighted by atomic mass is 9.96. The fourth-order valence-electron chi connectivity index (χ4n) is 6.68. The Morgan fingerprint density at radius 2 is 1.61 bits per heavy atom. The van der Waals surface area contributed by atoms with Gasteiger partial charge in [0.15, 0.2) is 11.4 Å². The van der Waals surface area contributed by atoms with E-state index in [2.05, 4.69) is 21.8 Å². The first-order valence-electron chi connectivity index (χ1n) is 16.9. The second-order valence-corrected chi connectivity index (χ2v) is 14.1. The number of piperazine rings is 1. The maximum atomic E-state index is 14.0. The molecule has 1 amide bonds. The van der Waals surface area contributed by atoms with E-state index in [1.165, 1.54) is 11.3 Å². The van der Waals surface area contributed by atoms with Crippen molar-refractivity contribution in [3.05, 3.63) is 90.6 Å². The van der Waals surface area contributed by atoms with Crippen molar-refractivity contribution in [3.63, 3.8) is 0 Å². The molecule has 0 spiro atoms. The number of methoxy groups -OCH3 is 1. The second kappa shape index (κ2) is 15.1. The van der Waals surface area contributed by atoms with E-state index in [0.717, 1.165) is 63.2 Å².